The fourth-order valence-corrected chi connectivity index (χ4v) is 1.97. The predicted octanol–water partition coefficient (Wildman–Crippen LogP) is 2.31. The molecule has 0 spiro atoms. The number of benzene rings is 1. The molecule has 1 aromatic carbocycles. The van der Waals surface area contributed by atoms with Crippen LogP contribution in [0.25, 0.3) is 0 Å². The van der Waals surface area contributed by atoms with Crippen molar-refractivity contribution < 1.29 is 33.2 Å². The molecule has 0 amide bonds. The van der Waals surface area contributed by atoms with E-state index in [0.29, 0.717) is 66.1 Å². The molecule has 0 atom stereocenters. The molecule has 0 N–H and O–H groups in total. The summed E-state index contributed by atoms with van der Waals surface area (Å²) in [5.74, 6) is 0. The summed E-state index contributed by atoms with van der Waals surface area (Å²) >= 11 is 0. The quantitative estimate of drug-likeness (QED) is 0.403. The SMILES string of the molecule is COCCOCCOCCOCCOC.COCc1cccc(COC)c1. The molecule has 0 saturated heterocycles. The average Bonchev–Trinajstić information content (AvgIpc) is 2.68. The normalized spacial score (nSPS) is 10.5. The van der Waals surface area contributed by atoms with E-state index in [1.54, 1.807) is 28.4 Å². The Morgan fingerprint density at radius 2 is 0.889 bits per heavy atom. The maximum Gasteiger partial charge on any atom is 0.0713 e. The van der Waals surface area contributed by atoms with Gasteiger partial charge in [-0.15, -0.1) is 0 Å². The number of ether oxygens (including phenoxy) is 7. The molecule has 0 unspecified atom stereocenters. The molecule has 27 heavy (non-hydrogen) atoms. The zero-order chi connectivity index (χ0) is 20.0. The van der Waals surface area contributed by atoms with Gasteiger partial charge in [-0.1, -0.05) is 24.3 Å². The first-order valence-corrected chi connectivity index (χ1v) is 9.05. The van der Waals surface area contributed by atoms with Crippen molar-refractivity contribution in [1.82, 2.24) is 0 Å². The summed E-state index contributed by atoms with van der Waals surface area (Å²) in [5, 5.41) is 0. The topological polar surface area (TPSA) is 64.6 Å². The summed E-state index contributed by atoms with van der Waals surface area (Å²) in [5.41, 5.74) is 2.37. The molecule has 0 bridgehead atoms. The van der Waals surface area contributed by atoms with Crippen molar-refractivity contribution in [3.05, 3.63) is 35.4 Å². The minimum Gasteiger partial charge on any atom is -0.382 e. The standard InChI is InChI=1S/C10H22O5.C10H14O2/c1-11-3-5-13-7-9-15-10-8-14-6-4-12-2;1-11-7-9-4-3-5-10(6-9)8-12-2/h3-10H2,1-2H3;3-6H,7-8H2,1-2H3. The second-order valence-corrected chi connectivity index (χ2v) is 5.51. The van der Waals surface area contributed by atoms with Crippen LogP contribution >= 0.6 is 0 Å². The highest BCUT2D eigenvalue weighted by molar-refractivity contribution is 5.22. The highest BCUT2D eigenvalue weighted by Gasteiger charge is 1.94. The van der Waals surface area contributed by atoms with Crippen LogP contribution in [0.5, 0.6) is 0 Å². The third-order valence-electron chi connectivity index (χ3n) is 3.22. The molecular formula is C20H36O7. The molecule has 1 rings (SSSR count). The van der Waals surface area contributed by atoms with Crippen LogP contribution in [0, 0.1) is 0 Å². The molecule has 0 aromatic heterocycles. The minimum absolute atomic E-state index is 0.595. The summed E-state index contributed by atoms with van der Waals surface area (Å²) in [4.78, 5) is 0. The van der Waals surface area contributed by atoms with E-state index < -0.39 is 0 Å². The minimum atomic E-state index is 0.595. The van der Waals surface area contributed by atoms with Crippen LogP contribution in [0.4, 0.5) is 0 Å². The Bertz CT molecular complexity index is 382. The molecule has 0 aliphatic heterocycles. The first-order valence-electron chi connectivity index (χ1n) is 9.05. The summed E-state index contributed by atoms with van der Waals surface area (Å²) < 4.78 is 35.4. The van der Waals surface area contributed by atoms with E-state index in [-0.39, 0.29) is 0 Å². The zero-order valence-electron chi connectivity index (χ0n) is 17.2. The summed E-state index contributed by atoms with van der Waals surface area (Å²) in [6, 6.07) is 8.20. The first kappa shape index (κ1) is 25.9. The van der Waals surface area contributed by atoms with Gasteiger partial charge in [-0.3, -0.25) is 0 Å². The number of hydrogen-bond acceptors (Lipinski definition) is 7. The molecule has 0 aliphatic rings. The predicted molar refractivity (Wildman–Crippen MR) is 104 cm³/mol. The Labute approximate surface area is 163 Å². The van der Waals surface area contributed by atoms with Crippen molar-refractivity contribution in [2.75, 3.05) is 81.3 Å². The lowest BCUT2D eigenvalue weighted by Gasteiger charge is -2.06. The molecule has 7 heteroatoms. The lowest BCUT2D eigenvalue weighted by atomic mass is 10.1. The van der Waals surface area contributed by atoms with Crippen molar-refractivity contribution in [2.45, 2.75) is 13.2 Å². The fraction of sp³-hybridized carbons (Fsp3) is 0.700. The van der Waals surface area contributed by atoms with Crippen molar-refractivity contribution in [3.63, 3.8) is 0 Å². The van der Waals surface area contributed by atoms with E-state index >= 15 is 0 Å². The first-order chi connectivity index (χ1) is 13.3. The van der Waals surface area contributed by atoms with E-state index in [9.17, 15) is 0 Å². The van der Waals surface area contributed by atoms with Crippen LogP contribution in [0.15, 0.2) is 24.3 Å². The monoisotopic (exact) mass is 388 g/mol. The number of methoxy groups -OCH3 is 4. The molecule has 0 saturated carbocycles. The van der Waals surface area contributed by atoms with Gasteiger partial charge in [0.25, 0.3) is 0 Å². The van der Waals surface area contributed by atoms with Gasteiger partial charge in [0.15, 0.2) is 0 Å². The zero-order valence-corrected chi connectivity index (χ0v) is 17.2. The van der Waals surface area contributed by atoms with Gasteiger partial charge in [0.1, 0.15) is 0 Å². The van der Waals surface area contributed by atoms with Gasteiger partial charge in [-0.25, -0.2) is 0 Å². The summed E-state index contributed by atoms with van der Waals surface area (Å²) in [6.45, 7) is 6.20. The van der Waals surface area contributed by atoms with Crippen LogP contribution in [0.3, 0.4) is 0 Å². The lowest BCUT2D eigenvalue weighted by Crippen LogP contribution is -2.12. The smallest absolute Gasteiger partial charge is 0.0713 e. The van der Waals surface area contributed by atoms with Crippen molar-refractivity contribution in [3.8, 4) is 0 Å². The van der Waals surface area contributed by atoms with Crippen LogP contribution < -0.4 is 0 Å². The Morgan fingerprint density at radius 1 is 0.519 bits per heavy atom. The highest BCUT2D eigenvalue weighted by atomic mass is 16.6. The lowest BCUT2D eigenvalue weighted by molar-refractivity contribution is -0.00380. The highest BCUT2D eigenvalue weighted by Crippen LogP contribution is 2.06. The maximum atomic E-state index is 5.26. The summed E-state index contributed by atoms with van der Waals surface area (Å²) in [6.07, 6.45) is 0. The summed E-state index contributed by atoms with van der Waals surface area (Å²) in [7, 11) is 6.69. The van der Waals surface area contributed by atoms with Gasteiger partial charge in [-0.2, -0.15) is 0 Å². The van der Waals surface area contributed by atoms with Crippen LogP contribution in [-0.4, -0.2) is 81.3 Å². The van der Waals surface area contributed by atoms with Crippen molar-refractivity contribution in [2.24, 2.45) is 0 Å². The van der Waals surface area contributed by atoms with E-state index in [4.69, 9.17) is 33.2 Å². The molecule has 0 fully saturated rings. The molecule has 0 heterocycles. The maximum absolute atomic E-state index is 5.26. The second kappa shape index (κ2) is 21.2. The van der Waals surface area contributed by atoms with Gasteiger partial charge >= 0.3 is 0 Å². The van der Waals surface area contributed by atoms with E-state index in [1.807, 2.05) is 18.2 Å². The number of hydrogen-bond donors (Lipinski definition) is 0. The third kappa shape index (κ3) is 18.1. The Balaban J connectivity index is 0.000000511. The molecule has 7 nitrogen and oxygen atoms in total. The van der Waals surface area contributed by atoms with Crippen LogP contribution in [0.1, 0.15) is 11.1 Å². The van der Waals surface area contributed by atoms with Crippen LogP contribution in [-0.2, 0) is 46.4 Å². The van der Waals surface area contributed by atoms with Crippen molar-refractivity contribution in [1.29, 1.82) is 0 Å². The second-order valence-electron chi connectivity index (χ2n) is 5.51. The molecule has 0 aliphatic carbocycles. The third-order valence-corrected chi connectivity index (χ3v) is 3.22. The van der Waals surface area contributed by atoms with E-state index in [1.165, 1.54) is 11.1 Å². The fourth-order valence-electron chi connectivity index (χ4n) is 1.97. The Hall–Kier alpha value is -1.06. The van der Waals surface area contributed by atoms with Crippen molar-refractivity contribution >= 4 is 0 Å². The molecule has 1 aromatic rings. The Kier molecular flexibility index (Phi) is 20.4. The molecular weight excluding hydrogens is 352 g/mol. The van der Waals surface area contributed by atoms with Crippen LogP contribution in [0.2, 0.25) is 0 Å². The number of rotatable bonds is 16. The largest absolute Gasteiger partial charge is 0.382 e. The average molecular weight is 389 g/mol. The van der Waals surface area contributed by atoms with Gasteiger partial charge in [-0.05, 0) is 11.1 Å². The van der Waals surface area contributed by atoms with E-state index in [2.05, 4.69) is 6.07 Å². The van der Waals surface area contributed by atoms with Gasteiger partial charge in [0, 0.05) is 28.4 Å². The molecule has 158 valence electrons. The van der Waals surface area contributed by atoms with Gasteiger partial charge in [0.2, 0.25) is 0 Å². The van der Waals surface area contributed by atoms with E-state index in [0.717, 1.165) is 0 Å². The van der Waals surface area contributed by atoms with Gasteiger partial charge in [0.05, 0.1) is 66.1 Å². The Morgan fingerprint density at radius 3 is 1.22 bits per heavy atom. The van der Waals surface area contributed by atoms with Gasteiger partial charge < -0.3 is 33.2 Å². The molecule has 0 radical (unpaired) electrons.